The normalized spacial score (nSPS) is 10.2. The number of carbonyl (C=O) groups excluding carboxylic acids is 1. The van der Waals surface area contributed by atoms with E-state index in [0.29, 0.717) is 12.2 Å². The highest BCUT2D eigenvalue weighted by Gasteiger charge is 2.16. The molecule has 0 saturated heterocycles. The molecular formula is C11H9N3O5. The van der Waals surface area contributed by atoms with Crippen molar-refractivity contribution < 1.29 is 18.9 Å². The third-order valence-corrected chi connectivity index (χ3v) is 2.24. The van der Waals surface area contributed by atoms with Crippen LogP contribution in [0.4, 0.5) is 5.69 Å². The van der Waals surface area contributed by atoms with Crippen molar-refractivity contribution in [2.45, 2.75) is 13.5 Å². The fourth-order valence-corrected chi connectivity index (χ4v) is 1.41. The molecule has 0 atom stereocenters. The average molecular weight is 263 g/mol. The van der Waals surface area contributed by atoms with Crippen molar-refractivity contribution in [1.29, 1.82) is 0 Å². The van der Waals surface area contributed by atoms with Gasteiger partial charge in [0.2, 0.25) is 5.89 Å². The average Bonchev–Trinajstić information content (AvgIpc) is 2.81. The summed E-state index contributed by atoms with van der Waals surface area (Å²) >= 11 is 0. The molecule has 0 aliphatic rings. The Bertz CT molecular complexity index is 623. The predicted molar refractivity (Wildman–Crippen MR) is 61.9 cm³/mol. The monoisotopic (exact) mass is 263 g/mol. The lowest BCUT2D eigenvalue weighted by Crippen LogP contribution is -2.00. The summed E-state index contributed by atoms with van der Waals surface area (Å²) in [4.78, 5) is 20.9. The molecule has 8 heteroatoms. The maximum absolute atomic E-state index is 10.8. The quantitative estimate of drug-likeness (QED) is 0.458. The Morgan fingerprint density at radius 2 is 2.26 bits per heavy atom. The second kappa shape index (κ2) is 5.25. The molecule has 1 aromatic heterocycles. The van der Waals surface area contributed by atoms with Gasteiger partial charge in [-0.25, -0.2) is 0 Å². The van der Waals surface area contributed by atoms with Gasteiger partial charge < -0.3 is 9.15 Å². The third-order valence-electron chi connectivity index (χ3n) is 2.24. The van der Waals surface area contributed by atoms with Gasteiger partial charge in [-0.1, -0.05) is 0 Å². The molecular weight excluding hydrogens is 254 g/mol. The number of aryl methyl sites for hydroxylation is 1. The van der Waals surface area contributed by atoms with Crippen LogP contribution in [0.15, 0.2) is 22.6 Å². The Morgan fingerprint density at radius 1 is 1.47 bits per heavy atom. The van der Waals surface area contributed by atoms with Gasteiger partial charge in [0.1, 0.15) is 6.29 Å². The fourth-order valence-electron chi connectivity index (χ4n) is 1.41. The lowest BCUT2D eigenvalue weighted by molar-refractivity contribution is -0.386. The summed E-state index contributed by atoms with van der Waals surface area (Å²) in [6.07, 6.45) is 0.577. The van der Waals surface area contributed by atoms with E-state index < -0.39 is 4.92 Å². The second-order valence-corrected chi connectivity index (χ2v) is 3.61. The van der Waals surface area contributed by atoms with Crippen molar-refractivity contribution in [3.05, 3.63) is 45.7 Å². The van der Waals surface area contributed by atoms with Gasteiger partial charge in [-0.3, -0.25) is 14.9 Å². The molecule has 0 aliphatic heterocycles. The molecule has 2 aromatic rings. The Hall–Kier alpha value is -2.77. The zero-order valence-electron chi connectivity index (χ0n) is 9.90. The Morgan fingerprint density at radius 3 is 2.84 bits per heavy atom. The van der Waals surface area contributed by atoms with E-state index in [4.69, 9.17) is 9.15 Å². The van der Waals surface area contributed by atoms with E-state index in [-0.39, 0.29) is 29.5 Å². The van der Waals surface area contributed by atoms with Crippen LogP contribution in [0.5, 0.6) is 5.75 Å². The minimum Gasteiger partial charge on any atom is -0.477 e. The number of nitro benzene ring substituents is 1. The molecule has 8 nitrogen and oxygen atoms in total. The number of aldehydes is 1. The van der Waals surface area contributed by atoms with Crippen LogP contribution in [-0.4, -0.2) is 21.4 Å². The van der Waals surface area contributed by atoms with Crippen molar-refractivity contribution in [3.63, 3.8) is 0 Å². The summed E-state index contributed by atoms with van der Waals surface area (Å²) in [6, 6.07) is 3.83. The summed E-state index contributed by atoms with van der Waals surface area (Å²) in [5, 5.41) is 18.1. The molecule has 98 valence electrons. The van der Waals surface area contributed by atoms with E-state index in [1.807, 2.05) is 0 Å². The van der Waals surface area contributed by atoms with E-state index in [0.717, 1.165) is 0 Å². The van der Waals surface area contributed by atoms with Gasteiger partial charge in [-0.15, -0.1) is 10.2 Å². The van der Waals surface area contributed by atoms with E-state index in [2.05, 4.69) is 10.2 Å². The van der Waals surface area contributed by atoms with Crippen LogP contribution >= 0.6 is 0 Å². The smallest absolute Gasteiger partial charge is 0.310 e. The minimum atomic E-state index is -0.594. The first kappa shape index (κ1) is 12.7. The summed E-state index contributed by atoms with van der Waals surface area (Å²) in [5.74, 6) is 0.545. The number of benzene rings is 1. The van der Waals surface area contributed by atoms with Crippen LogP contribution in [0, 0.1) is 17.0 Å². The fraction of sp³-hybridized carbons (Fsp3) is 0.182. The van der Waals surface area contributed by atoms with Gasteiger partial charge in [-0.05, 0) is 12.1 Å². The first-order chi connectivity index (χ1) is 9.10. The van der Waals surface area contributed by atoms with Crippen molar-refractivity contribution >= 4 is 12.0 Å². The Kier molecular flexibility index (Phi) is 3.51. The first-order valence-electron chi connectivity index (χ1n) is 5.25. The highest BCUT2D eigenvalue weighted by molar-refractivity contribution is 5.76. The van der Waals surface area contributed by atoms with Crippen molar-refractivity contribution in [2.24, 2.45) is 0 Å². The molecule has 0 radical (unpaired) electrons. The first-order valence-corrected chi connectivity index (χ1v) is 5.25. The molecule has 0 bridgehead atoms. The summed E-state index contributed by atoms with van der Waals surface area (Å²) in [5.41, 5.74) is 0.0455. The highest BCUT2D eigenvalue weighted by Crippen LogP contribution is 2.28. The number of nitro groups is 1. The van der Waals surface area contributed by atoms with Crippen molar-refractivity contribution in [3.8, 4) is 5.75 Å². The topological polar surface area (TPSA) is 108 Å². The number of carbonyl (C=O) groups is 1. The van der Waals surface area contributed by atoms with Crippen molar-refractivity contribution in [1.82, 2.24) is 10.2 Å². The van der Waals surface area contributed by atoms with Gasteiger partial charge >= 0.3 is 5.69 Å². The number of rotatable bonds is 5. The third kappa shape index (κ3) is 2.92. The molecule has 1 heterocycles. The molecule has 0 amide bonds. The minimum absolute atomic E-state index is 0.0227. The van der Waals surface area contributed by atoms with Crippen LogP contribution in [0.3, 0.4) is 0 Å². The SMILES string of the molecule is Cc1nnc(COc2cc(C=O)ccc2[N+](=O)[O-])o1. The highest BCUT2D eigenvalue weighted by atomic mass is 16.6. The molecule has 0 unspecified atom stereocenters. The number of nitrogens with zero attached hydrogens (tertiary/aromatic N) is 3. The zero-order chi connectivity index (χ0) is 13.8. The summed E-state index contributed by atoms with van der Waals surface area (Å²) < 4.78 is 10.3. The number of hydrogen-bond acceptors (Lipinski definition) is 7. The van der Waals surface area contributed by atoms with Gasteiger partial charge in [0.15, 0.2) is 12.4 Å². The summed E-state index contributed by atoms with van der Waals surface area (Å²) in [6.45, 7) is 1.51. The van der Waals surface area contributed by atoms with Gasteiger partial charge in [-0.2, -0.15) is 0 Å². The van der Waals surface area contributed by atoms with Gasteiger partial charge in [0.05, 0.1) is 4.92 Å². The molecule has 0 fully saturated rings. The van der Waals surface area contributed by atoms with Crippen LogP contribution in [0.1, 0.15) is 22.1 Å². The molecule has 2 rings (SSSR count). The molecule has 0 N–H and O–H groups in total. The van der Waals surface area contributed by atoms with Crippen molar-refractivity contribution in [2.75, 3.05) is 0 Å². The van der Waals surface area contributed by atoms with E-state index >= 15 is 0 Å². The number of ether oxygens (including phenoxy) is 1. The summed E-state index contributed by atoms with van der Waals surface area (Å²) in [7, 11) is 0. The maximum Gasteiger partial charge on any atom is 0.310 e. The lowest BCUT2D eigenvalue weighted by atomic mass is 10.2. The number of hydrogen-bond donors (Lipinski definition) is 0. The molecule has 0 aliphatic carbocycles. The standard InChI is InChI=1S/C11H9N3O5/c1-7-12-13-11(19-7)6-18-10-4-8(5-15)2-3-9(10)14(16)17/h2-5H,6H2,1H3. The Labute approximate surface area is 107 Å². The van der Waals surface area contributed by atoms with Crippen LogP contribution in [-0.2, 0) is 6.61 Å². The zero-order valence-corrected chi connectivity index (χ0v) is 9.90. The predicted octanol–water partition coefficient (Wildman–Crippen LogP) is 1.68. The largest absolute Gasteiger partial charge is 0.477 e. The van der Waals surface area contributed by atoms with Crippen LogP contribution < -0.4 is 4.74 Å². The number of aromatic nitrogens is 2. The van der Waals surface area contributed by atoms with Crippen LogP contribution in [0.2, 0.25) is 0 Å². The van der Waals surface area contributed by atoms with E-state index in [1.54, 1.807) is 6.92 Å². The van der Waals surface area contributed by atoms with Crippen LogP contribution in [0.25, 0.3) is 0 Å². The molecule has 19 heavy (non-hydrogen) atoms. The van der Waals surface area contributed by atoms with Gasteiger partial charge in [0, 0.05) is 18.6 Å². The van der Waals surface area contributed by atoms with Gasteiger partial charge in [0.25, 0.3) is 5.89 Å². The second-order valence-electron chi connectivity index (χ2n) is 3.61. The molecule has 0 saturated carbocycles. The Balaban J connectivity index is 2.22. The lowest BCUT2D eigenvalue weighted by Gasteiger charge is -2.04. The molecule has 0 spiro atoms. The maximum atomic E-state index is 10.8. The van der Waals surface area contributed by atoms with E-state index in [9.17, 15) is 14.9 Å². The van der Waals surface area contributed by atoms with E-state index in [1.165, 1.54) is 18.2 Å². The molecule has 1 aromatic carbocycles.